The minimum absolute atomic E-state index is 0.0381. The summed E-state index contributed by atoms with van der Waals surface area (Å²) in [6.07, 6.45) is 0.829. The second-order valence-corrected chi connectivity index (χ2v) is 6.18. The molecule has 2 N–H and O–H groups in total. The second-order valence-electron chi connectivity index (χ2n) is 5.25. The maximum absolute atomic E-state index is 12.9. The zero-order valence-corrected chi connectivity index (χ0v) is 14.7. The zero-order chi connectivity index (χ0) is 18.2. The van der Waals surface area contributed by atoms with Crippen molar-refractivity contribution in [1.82, 2.24) is 20.8 Å². The van der Waals surface area contributed by atoms with Crippen molar-refractivity contribution < 1.29 is 18.4 Å². The molecule has 0 saturated heterocycles. The molecule has 9 heteroatoms. The first-order valence-electron chi connectivity index (χ1n) is 7.79. The fourth-order valence-electron chi connectivity index (χ4n) is 1.85. The molecule has 1 aromatic heterocycles. The molecule has 134 valence electrons. The van der Waals surface area contributed by atoms with Crippen LogP contribution < -0.4 is 10.6 Å². The Hall–Kier alpha value is -2.42. The van der Waals surface area contributed by atoms with Crippen molar-refractivity contribution >= 4 is 23.6 Å². The lowest BCUT2D eigenvalue weighted by atomic mass is 10.2. The quantitative estimate of drug-likeness (QED) is 0.694. The standard InChI is InChI=1S/C16H19FN4O3S/c1-3-8-18-14(23)10(2)19-13(22)9-25-16-21-20-15(24-16)11-4-6-12(17)7-5-11/h4-7,10H,3,8-9H2,1-2H3,(H,18,23)(H,19,22)/t10-/m0/s1. The Kier molecular flexibility index (Phi) is 6.93. The van der Waals surface area contributed by atoms with Crippen LogP contribution >= 0.6 is 11.8 Å². The minimum atomic E-state index is -0.614. The van der Waals surface area contributed by atoms with E-state index in [1.807, 2.05) is 6.92 Å². The molecule has 0 radical (unpaired) electrons. The molecule has 0 aliphatic heterocycles. The molecule has 2 amide bonds. The van der Waals surface area contributed by atoms with Crippen molar-refractivity contribution in [1.29, 1.82) is 0 Å². The molecule has 25 heavy (non-hydrogen) atoms. The SMILES string of the molecule is CCCNC(=O)[C@H](C)NC(=O)CSc1nnc(-c2ccc(F)cc2)o1. The first-order chi connectivity index (χ1) is 12.0. The third kappa shape index (κ3) is 5.86. The van der Waals surface area contributed by atoms with Crippen LogP contribution in [-0.4, -0.2) is 40.4 Å². The van der Waals surface area contributed by atoms with Crippen LogP contribution in [0.4, 0.5) is 4.39 Å². The lowest BCUT2D eigenvalue weighted by Crippen LogP contribution is -2.45. The van der Waals surface area contributed by atoms with Crippen LogP contribution in [0.2, 0.25) is 0 Å². The van der Waals surface area contributed by atoms with Gasteiger partial charge in [0.2, 0.25) is 17.7 Å². The van der Waals surface area contributed by atoms with Gasteiger partial charge in [0, 0.05) is 12.1 Å². The van der Waals surface area contributed by atoms with Gasteiger partial charge >= 0.3 is 0 Å². The number of aromatic nitrogens is 2. The number of halogens is 1. The van der Waals surface area contributed by atoms with Gasteiger partial charge in [0.25, 0.3) is 5.22 Å². The van der Waals surface area contributed by atoms with Gasteiger partial charge in [0.1, 0.15) is 11.9 Å². The smallest absolute Gasteiger partial charge is 0.277 e. The molecule has 0 spiro atoms. The molecule has 1 atom stereocenters. The Bertz CT molecular complexity index is 720. The first-order valence-corrected chi connectivity index (χ1v) is 8.77. The number of amides is 2. The average Bonchev–Trinajstić information content (AvgIpc) is 3.07. The van der Waals surface area contributed by atoms with Crippen molar-refractivity contribution in [3.05, 3.63) is 30.1 Å². The molecule has 0 aliphatic carbocycles. The molecule has 0 bridgehead atoms. The molecule has 2 aromatic rings. The van der Waals surface area contributed by atoms with Crippen molar-refractivity contribution in [2.75, 3.05) is 12.3 Å². The van der Waals surface area contributed by atoms with Crippen molar-refractivity contribution in [2.24, 2.45) is 0 Å². The summed E-state index contributed by atoms with van der Waals surface area (Å²) in [5.74, 6) is -0.611. The number of nitrogens with one attached hydrogen (secondary N) is 2. The molecule has 2 rings (SSSR count). The summed E-state index contributed by atoms with van der Waals surface area (Å²) in [6, 6.07) is 5.04. The van der Waals surface area contributed by atoms with Crippen LogP contribution in [0.15, 0.2) is 33.9 Å². The normalized spacial score (nSPS) is 11.8. The third-order valence-electron chi connectivity index (χ3n) is 3.14. The van der Waals surface area contributed by atoms with Gasteiger partial charge in [-0.15, -0.1) is 10.2 Å². The number of thioether (sulfide) groups is 1. The lowest BCUT2D eigenvalue weighted by molar-refractivity contribution is -0.127. The predicted molar refractivity (Wildman–Crippen MR) is 91.3 cm³/mol. The van der Waals surface area contributed by atoms with Gasteiger partial charge in [-0.05, 0) is 37.6 Å². The highest BCUT2D eigenvalue weighted by atomic mass is 32.2. The van der Waals surface area contributed by atoms with E-state index in [9.17, 15) is 14.0 Å². The number of hydrogen-bond acceptors (Lipinski definition) is 6. The Morgan fingerprint density at radius 1 is 1.28 bits per heavy atom. The molecule has 0 saturated carbocycles. The number of carbonyl (C=O) groups excluding carboxylic acids is 2. The molecule has 0 unspecified atom stereocenters. The van der Waals surface area contributed by atoms with E-state index in [0.717, 1.165) is 18.2 Å². The summed E-state index contributed by atoms with van der Waals surface area (Å²) in [4.78, 5) is 23.6. The predicted octanol–water partition coefficient (Wildman–Crippen LogP) is 2.00. The zero-order valence-electron chi connectivity index (χ0n) is 13.9. The first kappa shape index (κ1) is 18.9. The monoisotopic (exact) mass is 366 g/mol. The lowest BCUT2D eigenvalue weighted by Gasteiger charge is -2.13. The van der Waals surface area contributed by atoms with E-state index in [-0.39, 0.29) is 34.5 Å². The average molecular weight is 366 g/mol. The maximum atomic E-state index is 12.9. The van der Waals surface area contributed by atoms with Crippen LogP contribution in [0, 0.1) is 5.82 Å². The van der Waals surface area contributed by atoms with E-state index in [1.54, 1.807) is 6.92 Å². The van der Waals surface area contributed by atoms with Crippen LogP contribution in [0.25, 0.3) is 11.5 Å². The number of nitrogens with zero attached hydrogens (tertiary/aromatic N) is 2. The number of rotatable bonds is 8. The fourth-order valence-corrected chi connectivity index (χ4v) is 2.43. The number of hydrogen-bond donors (Lipinski definition) is 2. The van der Waals surface area contributed by atoms with E-state index in [1.165, 1.54) is 24.3 Å². The Morgan fingerprint density at radius 3 is 2.68 bits per heavy atom. The van der Waals surface area contributed by atoms with Crippen LogP contribution in [0.5, 0.6) is 0 Å². The summed E-state index contributed by atoms with van der Waals surface area (Å²) in [6.45, 7) is 4.14. The highest BCUT2D eigenvalue weighted by Crippen LogP contribution is 2.23. The largest absolute Gasteiger partial charge is 0.411 e. The highest BCUT2D eigenvalue weighted by molar-refractivity contribution is 7.99. The molecule has 1 aromatic carbocycles. The maximum Gasteiger partial charge on any atom is 0.277 e. The molecule has 1 heterocycles. The molecular formula is C16H19FN4O3S. The summed E-state index contributed by atoms with van der Waals surface area (Å²) < 4.78 is 18.3. The van der Waals surface area contributed by atoms with Crippen molar-refractivity contribution in [3.63, 3.8) is 0 Å². The summed E-state index contributed by atoms with van der Waals surface area (Å²) >= 11 is 1.06. The van der Waals surface area contributed by atoms with E-state index >= 15 is 0 Å². The highest BCUT2D eigenvalue weighted by Gasteiger charge is 2.16. The van der Waals surface area contributed by atoms with Gasteiger partial charge in [-0.1, -0.05) is 18.7 Å². The van der Waals surface area contributed by atoms with Crippen LogP contribution in [0.1, 0.15) is 20.3 Å². The minimum Gasteiger partial charge on any atom is -0.411 e. The Balaban J connectivity index is 1.82. The Labute approximate surface area is 148 Å². The van der Waals surface area contributed by atoms with E-state index in [0.29, 0.717) is 12.1 Å². The molecule has 0 aliphatic rings. The van der Waals surface area contributed by atoms with Crippen molar-refractivity contribution in [2.45, 2.75) is 31.5 Å². The van der Waals surface area contributed by atoms with Gasteiger partial charge in [0.05, 0.1) is 5.75 Å². The summed E-state index contributed by atoms with van der Waals surface area (Å²) in [5.41, 5.74) is 0.589. The second kappa shape index (κ2) is 9.16. The number of carbonyl (C=O) groups is 2. The summed E-state index contributed by atoms with van der Waals surface area (Å²) in [5, 5.41) is 13.2. The van der Waals surface area contributed by atoms with Crippen LogP contribution in [-0.2, 0) is 9.59 Å². The van der Waals surface area contributed by atoms with E-state index < -0.39 is 6.04 Å². The van der Waals surface area contributed by atoms with Gasteiger partial charge in [-0.2, -0.15) is 0 Å². The number of benzene rings is 1. The van der Waals surface area contributed by atoms with E-state index in [2.05, 4.69) is 20.8 Å². The van der Waals surface area contributed by atoms with Crippen molar-refractivity contribution in [3.8, 4) is 11.5 Å². The Morgan fingerprint density at radius 2 is 2.00 bits per heavy atom. The van der Waals surface area contributed by atoms with Gasteiger partial charge in [0.15, 0.2) is 0 Å². The molecule has 7 nitrogen and oxygen atoms in total. The summed E-state index contributed by atoms with van der Waals surface area (Å²) in [7, 11) is 0. The topological polar surface area (TPSA) is 97.1 Å². The van der Waals surface area contributed by atoms with Gasteiger partial charge in [-0.3, -0.25) is 9.59 Å². The molecular weight excluding hydrogens is 347 g/mol. The van der Waals surface area contributed by atoms with Crippen LogP contribution in [0.3, 0.4) is 0 Å². The third-order valence-corrected chi connectivity index (χ3v) is 3.96. The fraction of sp³-hybridized carbons (Fsp3) is 0.375. The molecule has 0 fully saturated rings. The van der Waals surface area contributed by atoms with Gasteiger partial charge < -0.3 is 15.1 Å². The van der Waals surface area contributed by atoms with Gasteiger partial charge in [-0.25, -0.2) is 4.39 Å². The van der Waals surface area contributed by atoms with E-state index in [4.69, 9.17) is 4.42 Å².